The summed E-state index contributed by atoms with van der Waals surface area (Å²) in [7, 11) is 0. The largest absolute Gasteiger partial charge is 0.433 e. The minimum atomic E-state index is -4.52. The van der Waals surface area contributed by atoms with E-state index >= 15 is 0 Å². The summed E-state index contributed by atoms with van der Waals surface area (Å²) in [4.78, 5) is 19.2. The zero-order chi connectivity index (χ0) is 21.4. The van der Waals surface area contributed by atoms with Crippen LogP contribution in [-0.2, 0) is 17.5 Å². The lowest BCUT2D eigenvalue weighted by Gasteiger charge is -2.33. The molecule has 0 bridgehead atoms. The van der Waals surface area contributed by atoms with Crippen molar-refractivity contribution in [3.05, 3.63) is 47.9 Å². The first-order valence-electron chi connectivity index (χ1n) is 10.2. The van der Waals surface area contributed by atoms with Crippen molar-refractivity contribution in [2.45, 2.75) is 31.7 Å². The number of aromatic nitrogens is 4. The average molecular weight is 430 g/mol. The monoisotopic (exact) mass is 430 g/mol. The Kier molecular flexibility index (Phi) is 5.09. The molecule has 1 aliphatic heterocycles. The van der Waals surface area contributed by atoms with Gasteiger partial charge in [-0.3, -0.25) is 4.98 Å². The van der Waals surface area contributed by atoms with Gasteiger partial charge < -0.3 is 15.0 Å². The van der Waals surface area contributed by atoms with Crippen molar-refractivity contribution in [2.24, 2.45) is 5.92 Å². The van der Waals surface area contributed by atoms with Gasteiger partial charge in [-0.05, 0) is 37.0 Å². The number of fused-ring (bicyclic) bond motifs is 1. The Morgan fingerprint density at radius 1 is 1.10 bits per heavy atom. The van der Waals surface area contributed by atoms with Crippen LogP contribution in [-0.4, -0.2) is 45.7 Å². The van der Waals surface area contributed by atoms with Gasteiger partial charge in [0.1, 0.15) is 11.5 Å². The van der Waals surface area contributed by atoms with Crippen molar-refractivity contribution in [2.75, 3.05) is 29.9 Å². The summed E-state index contributed by atoms with van der Waals surface area (Å²) in [5.74, 6) is 1.54. The molecule has 1 saturated carbocycles. The van der Waals surface area contributed by atoms with E-state index in [4.69, 9.17) is 4.74 Å². The fourth-order valence-corrected chi connectivity index (χ4v) is 3.85. The number of anilines is 2. The molecule has 10 heteroatoms. The molecule has 2 aliphatic rings. The summed E-state index contributed by atoms with van der Waals surface area (Å²) in [5.41, 5.74) is -0.362. The third-order valence-corrected chi connectivity index (χ3v) is 5.59. The van der Waals surface area contributed by atoms with Crippen LogP contribution in [0.5, 0.6) is 0 Å². The SMILES string of the molecule is FC(F)(F)c1ncccc1CNc1nc(N2CCOC(C3CC3)C2)nc2ncccc12. The first kappa shape index (κ1) is 19.9. The maximum Gasteiger partial charge on any atom is 0.433 e. The lowest BCUT2D eigenvalue weighted by atomic mass is 10.2. The van der Waals surface area contributed by atoms with Crippen LogP contribution in [0.3, 0.4) is 0 Å². The molecule has 162 valence electrons. The third kappa shape index (κ3) is 4.25. The molecule has 7 nitrogen and oxygen atoms in total. The molecule has 3 aromatic heterocycles. The van der Waals surface area contributed by atoms with Gasteiger partial charge in [-0.15, -0.1) is 0 Å². The maximum absolute atomic E-state index is 13.3. The van der Waals surface area contributed by atoms with Gasteiger partial charge in [0, 0.05) is 37.6 Å². The van der Waals surface area contributed by atoms with Crippen LogP contribution < -0.4 is 10.2 Å². The van der Waals surface area contributed by atoms with Crippen molar-refractivity contribution >= 4 is 22.8 Å². The molecular weight excluding hydrogens is 409 g/mol. The van der Waals surface area contributed by atoms with Crippen molar-refractivity contribution in [3.8, 4) is 0 Å². The fourth-order valence-electron chi connectivity index (χ4n) is 3.85. The molecule has 1 aliphatic carbocycles. The van der Waals surface area contributed by atoms with Crippen LogP contribution in [0.25, 0.3) is 11.0 Å². The Hall–Kier alpha value is -3.01. The van der Waals surface area contributed by atoms with E-state index in [9.17, 15) is 13.2 Å². The van der Waals surface area contributed by atoms with Crippen LogP contribution in [0.4, 0.5) is 24.9 Å². The number of rotatable bonds is 5. The first-order valence-corrected chi connectivity index (χ1v) is 10.2. The van der Waals surface area contributed by atoms with Crippen LogP contribution in [0.1, 0.15) is 24.1 Å². The topological polar surface area (TPSA) is 76.1 Å². The van der Waals surface area contributed by atoms with E-state index in [2.05, 4.69) is 30.2 Å². The maximum atomic E-state index is 13.3. The molecule has 0 spiro atoms. The van der Waals surface area contributed by atoms with Gasteiger partial charge in [0.2, 0.25) is 5.95 Å². The highest BCUT2D eigenvalue weighted by atomic mass is 19.4. The molecule has 2 fully saturated rings. The number of morpholine rings is 1. The van der Waals surface area contributed by atoms with E-state index in [0.717, 1.165) is 6.20 Å². The Morgan fingerprint density at radius 2 is 1.90 bits per heavy atom. The van der Waals surface area contributed by atoms with E-state index in [1.165, 1.54) is 25.0 Å². The number of halogens is 3. The summed E-state index contributed by atoms with van der Waals surface area (Å²) in [6.07, 6.45) is 0.778. The summed E-state index contributed by atoms with van der Waals surface area (Å²) >= 11 is 0. The van der Waals surface area contributed by atoms with Gasteiger partial charge in [-0.25, -0.2) is 4.98 Å². The Labute approximate surface area is 176 Å². The number of nitrogens with one attached hydrogen (secondary N) is 1. The number of hydrogen-bond acceptors (Lipinski definition) is 7. The van der Waals surface area contributed by atoms with E-state index < -0.39 is 11.9 Å². The number of nitrogens with zero attached hydrogens (tertiary/aromatic N) is 5. The lowest BCUT2D eigenvalue weighted by molar-refractivity contribution is -0.141. The van der Waals surface area contributed by atoms with Crippen molar-refractivity contribution in [1.29, 1.82) is 0 Å². The standard InChI is InChI=1S/C21H21F3N6O/c22-21(23,24)17-14(3-1-7-25-17)11-27-19-15-4-2-8-26-18(15)28-20(29-19)30-9-10-31-16(12-30)13-5-6-13/h1-4,7-8,13,16H,5-6,9-12H2,(H,26,27,28,29). The highest BCUT2D eigenvalue weighted by Crippen LogP contribution is 2.36. The van der Waals surface area contributed by atoms with Crippen molar-refractivity contribution in [1.82, 2.24) is 19.9 Å². The molecule has 5 rings (SSSR count). The Bertz CT molecular complexity index is 1090. The minimum Gasteiger partial charge on any atom is -0.374 e. The van der Waals surface area contributed by atoms with E-state index in [1.54, 1.807) is 18.3 Å². The Balaban J connectivity index is 1.44. The number of alkyl halides is 3. The van der Waals surface area contributed by atoms with E-state index in [0.29, 0.717) is 48.4 Å². The second-order valence-electron chi connectivity index (χ2n) is 7.80. The average Bonchev–Trinajstić information content (AvgIpc) is 3.62. The molecule has 1 saturated heterocycles. The van der Waals surface area contributed by atoms with Gasteiger partial charge in [0.15, 0.2) is 5.65 Å². The smallest absolute Gasteiger partial charge is 0.374 e. The lowest BCUT2D eigenvalue weighted by Crippen LogP contribution is -2.44. The van der Waals surface area contributed by atoms with Gasteiger partial charge in [0.05, 0.1) is 18.1 Å². The number of pyridine rings is 2. The molecule has 3 aromatic rings. The zero-order valence-corrected chi connectivity index (χ0v) is 16.6. The summed E-state index contributed by atoms with van der Waals surface area (Å²) in [6, 6.07) is 6.45. The molecule has 1 N–H and O–H groups in total. The molecule has 1 unspecified atom stereocenters. The van der Waals surface area contributed by atoms with Gasteiger partial charge >= 0.3 is 6.18 Å². The molecule has 31 heavy (non-hydrogen) atoms. The van der Waals surface area contributed by atoms with Crippen LogP contribution in [0.2, 0.25) is 0 Å². The van der Waals surface area contributed by atoms with Gasteiger partial charge in [-0.2, -0.15) is 23.1 Å². The summed E-state index contributed by atoms with van der Waals surface area (Å²) < 4.78 is 45.8. The fraction of sp³-hybridized carbons (Fsp3) is 0.429. The highest BCUT2D eigenvalue weighted by molar-refractivity contribution is 5.87. The Morgan fingerprint density at radius 3 is 2.71 bits per heavy atom. The van der Waals surface area contributed by atoms with E-state index in [-0.39, 0.29) is 18.2 Å². The molecule has 0 radical (unpaired) electrons. The minimum absolute atomic E-state index is 0.0485. The normalized spacial score (nSPS) is 19.6. The summed E-state index contributed by atoms with van der Waals surface area (Å²) in [5, 5.41) is 3.70. The molecule has 0 amide bonds. The molecule has 1 atom stereocenters. The number of hydrogen-bond donors (Lipinski definition) is 1. The highest BCUT2D eigenvalue weighted by Gasteiger charge is 2.36. The molecule has 0 aromatic carbocycles. The van der Waals surface area contributed by atoms with Crippen LogP contribution in [0.15, 0.2) is 36.7 Å². The number of ether oxygens (including phenoxy) is 1. The van der Waals surface area contributed by atoms with Gasteiger partial charge in [-0.1, -0.05) is 6.07 Å². The quantitative estimate of drug-likeness (QED) is 0.662. The zero-order valence-electron chi connectivity index (χ0n) is 16.6. The van der Waals surface area contributed by atoms with Crippen LogP contribution in [0, 0.1) is 5.92 Å². The van der Waals surface area contributed by atoms with E-state index in [1.807, 2.05) is 0 Å². The predicted octanol–water partition coefficient (Wildman–Crippen LogP) is 3.67. The molecule has 4 heterocycles. The van der Waals surface area contributed by atoms with Crippen molar-refractivity contribution in [3.63, 3.8) is 0 Å². The second-order valence-corrected chi connectivity index (χ2v) is 7.80. The third-order valence-electron chi connectivity index (χ3n) is 5.59. The molecular formula is C21H21F3N6O. The predicted molar refractivity (Wildman–Crippen MR) is 109 cm³/mol. The van der Waals surface area contributed by atoms with Crippen molar-refractivity contribution < 1.29 is 17.9 Å². The summed E-state index contributed by atoms with van der Waals surface area (Å²) in [6.45, 7) is 1.88. The first-order chi connectivity index (χ1) is 15.0. The van der Waals surface area contributed by atoms with Crippen LogP contribution >= 0.6 is 0 Å². The van der Waals surface area contributed by atoms with Gasteiger partial charge in [0.25, 0.3) is 0 Å². The second kappa shape index (κ2) is 7.92.